The summed E-state index contributed by atoms with van der Waals surface area (Å²) in [7, 11) is 0. The molecule has 2 aliphatic heterocycles. The molecule has 0 aliphatic carbocycles. The van der Waals surface area contributed by atoms with Crippen LogP contribution in [0.4, 0.5) is 0 Å². The second-order valence-electron chi connectivity index (χ2n) is 5.26. The zero-order valence-electron chi connectivity index (χ0n) is 10.1. The van der Waals surface area contributed by atoms with Crippen molar-refractivity contribution in [1.82, 2.24) is 10.6 Å². The summed E-state index contributed by atoms with van der Waals surface area (Å²) in [6.45, 7) is 4.61. The standard InChI is InChI=1S/C12H22N2O2/c1-12(5-3-7-16-9-12)14-11(15)8-10-4-2-6-13-10/h10,13H,2-9H2,1H3,(H,14,15). The van der Waals surface area contributed by atoms with E-state index in [0.29, 0.717) is 19.1 Å². The molecular weight excluding hydrogens is 204 g/mol. The molecule has 0 aromatic carbocycles. The first-order valence-corrected chi connectivity index (χ1v) is 6.30. The summed E-state index contributed by atoms with van der Waals surface area (Å²) in [6, 6.07) is 0.383. The van der Waals surface area contributed by atoms with Crippen molar-refractivity contribution in [2.75, 3.05) is 19.8 Å². The van der Waals surface area contributed by atoms with E-state index in [9.17, 15) is 4.79 Å². The third-order valence-corrected chi connectivity index (χ3v) is 3.47. The minimum Gasteiger partial charge on any atom is -0.379 e. The third kappa shape index (κ3) is 3.19. The molecule has 0 saturated carbocycles. The fourth-order valence-electron chi connectivity index (χ4n) is 2.57. The van der Waals surface area contributed by atoms with Crippen LogP contribution in [0.3, 0.4) is 0 Å². The Morgan fingerprint density at radius 2 is 2.44 bits per heavy atom. The summed E-state index contributed by atoms with van der Waals surface area (Å²) in [5, 5.41) is 6.46. The Hall–Kier alpha value is -0.610. The first kappa shape index (κ1) is 11.9. The van der Waals surface area contributed by atoms with E-state index < -0.39 is 0 Å². The first-order chi connectivity index (χ1) is 7.68. The number of rotatable bonds is 3. The van der Waals surface area contributed by atoms with Gasteiger partial charge in [0, 0.05) is 19.1 Å². The highest BCUT2D eigenvalue weighted by atomic mass is 16.5. The van der Waals surface area contributed by atoms with Crippen LogP contribution in [0.5, 0.6) is 0 Å². The van der Waals surface area contributed by atoms with Gasteiger partial charge in [0.05, 0.1) is 12.1 Å². The summed E-state index contributed by atoms with van der Waals surface area (Å²) >= 11 is 0. The van der Waals surface area contributed by atoms with Crippen molar-refractivity contribution in [3.8, 4) is 0 Å². The van der Waals surface area contributed by atoms with Crippen LogP contribution in [0.1, 0.15) is 39.0 Å². The molecule has 92 valence electrons. The van der Waals surface area contributed by atoms with Crippen LogP contribution in [0.25, 0.3) is 0 Å². The predicted molar refractivity (Wildman–Crippen MR) is 62.2 cm³/mol. The molecule has 0 bridgehead atoms. The molecule has 2 unspecified atom stereocenters. The molecule has 2 saturated heterocycles. The van der Waals surface area contributed by atoms with Crippen LogP contribution in [-0.4, -0.2) is 37.2 Å². The molecule has 0 spiro atoms. The van der Waals surface area contributed by atoms with Crippen molar-refractivity contribution in [3.63, 3.8) is 0 Å². The van der Waals surface area contributed by atoms with E-state index in [0.717, 1.165) is 32.4 Å². The summed E-state index contributed by atoms with van der Waals surface area (Å²) in [4.78, 5) is 11.9. The van der Waals surface area contributed by atoms with Gasteiger partial charge in [0.1, 0.15) is 0 Å². The lowest BCUT2D eigenvalue weighted by molar-refractivity contribution is -0.125. The van der Waals surface area contributed by atoms with Gasteiger partial charge in [-0.3, -0.25) is 4.79 Å². The molecule has 4 heteroatoms. The van der Waals surface area contributed by atoms with E-state index in [2.05, 4.69) is 17.6 Å². The lowest BCUT2D eigenvalue weighted by Crippen LogP contribution is -2.52. The van der Waals surface area contributed by atoms with Gasteiger partial charge >= 0.3 is 0 Å². The Kier molecular flexibility index (Phi) is 3.82. The molecule has 2 rings (SSSR count). The number of ether oxygens (including phenoxy) is 1. The maximum atomic E-state index is 11.9. The van der Waals surface area contributed by atoms with Crippen LogP contribution in [0, 0.1) is 0 Å². The van der Waals surface area contributed by atoms with Gasteiger partial charge in [-0.1, -0.05) is 0 Å². The van der Waals surface area contributed by atoms with Gasteiger partial charge in [0.25, 0.3) is 0 Å². The van der Waals surface area contributed by atoms with Crippen molar-refractivity contribution in [3.05, 3.63) is 0 Å². The Bertz CT molecular complexity index is 243. The van der Waals surface area contributed by atoms with Gasteiger partial charge in [-0.15, -0.1) is 0 Å². The van der Waals surface area contributed by atoms with Gasteiger partial charge in [-0.05, 0) is 39.2 Å². The van der Waals surface area contributed by atoms with Crippen molar-refractivity contribution >= 4 is 5.91 Å². The van der Waals surface area contributed by atoms with Crippen molar-refractivity contribution in [2.24, 2.45) is 0 Å². The number of hydrogen-bond donors (Lipinski definition) is 2. The van der Waals surface area contributed by atoms with Crippen molar-refractivity contribution in [1.29, 1.82) is 0 Å². The normalized spacial score (nSPS) is 34.9. The van der Waals surface area contributed by atoms with Crippen LogP contribution in [0.15, 0.2) is 0 Å². The van der Waals surface area contributed by atoms with E-state index >= 15 is 0 Å². The fraction of sp³-hybridized carbons (Fsp3) is 0.917. The number of amides is 1. The van der Waals surface area contributed by atoms with Gasteiger partial charge in [-0.2, -0.15) is 0 Å². The second kappa shape index (κ2) is 5.15. The Labute approximate surface area is 97.1 Å². The zero-order chi connectivity index (χ0) is 11.4. The van der Waals surface area contributed by atoms with Crippen LogP contribution in [0.2, 0.25) is 0 Å². The Morgan fingerprint density at radius 1 is 1.56 bits per heavy atom. The van der Waals surface area contributed by atoms with E-state index in [4.69, 9.17) is 4.74 Å². The molecule has 2 aliphatic rings. The van der Waals surface area contributed by atoms with Gasteiger partial charge < -0.3 is 15.4 Å². The quantitative estimate of drug-likeness (QED) is 0.749. The van der Waals surface area contributed by atoms with Gasteiger partial charge in [0.15, 0.2) is 0 Å². The molecule has 2 atom stereocenters. The highest BCUT2D eigenvalue weighted by Gasteiger charge is 2.30. The Balaban J connectivity index is 1.76. The molecule has 0 radical (unpaired) electrons. The summed E-state index contributed by atoms with van der Waals surface area (Å²) in [5.41, 5.74) is -0.145. The highest BCUT2D eigenvalue weighted by molar-refractivity contribution is 5.77. The lowest BCUT2D eigenvalue weighted by atomic mass is 9.94. The van der Waals surface area contributed by atoms with Crippen LogP contribution >= 0.6 is 0 Å². The number of hydrogen-bond acceptors (Lipinski definition) is 3. The molecule has 0 aromatic heterocycles. The van der Waals surface area contributed by atoms with E-state index in [1.165, 1.54) is 6.42 Å². The Morgan fingerprint density at radius 3 is 3.06 bits per heavy atom. The van der Waals surface area contributed by atoms with E-state index in [1.54, 1.807) is 0 Å². The van der Waals surface area contributed by atoms with Crippen molar-refractivity contribution < 1.29 is 9.53 Å². The molecule has 2 N–H and O–H groups in total. The smallest absolute Gasteiger partial charge is 0.222 e. The minimum absolute atomic E-state index is 0.145. The van der Waals surface area contributed by atoms with Crippen LogP contribution in [-0.2, 0) is 9.53 Å². The average Bonchev–Trinajstić information content (AvgIpc) is 2.70. The lowest BCUT2D eigenvalue weighted by Gasteiger charge is -2.34. The molecular formula is C12H22N2O2. The monoisotopic (exact) mass is 226 g/mol. The van der Waals surface area contributed by atoms with E-state index in [1.807, 2.05) is 0 Å². The van der Waals surface area contributed by atoms with Crippen LogP contribution < -0.4 is 10.6 Å². The second-order valence-corrected chi connectivity index (χ2v) is 5.26. The van der Waals surface area contributed by atoms with Gasteiger partial charge in [0.2, 0.25) is 5.91 Å². The molecule has 1 amide bonds. The fourth-order valence-corrected chi connectivity index (χ4v) is 2.57. The number of nitrogens with one attached hydrogen (secondary N) is 2. The zero-order valence-corrected chi connectivity index (χ0v) is 10.1. The molecule has 2 heterocycles. The molecule has 0 aromatic rings. The molecule has 4 nitrogen and oxygen atoms in total. The SMILES string of the molecule is CC1(NC(=O)CC2CCCN2)CCCOC1. The average molecular weight is 226 g/mol. The van der Waals surface area contributed by atoms with E-state index in [-0.39, 0.29) is 11.4 Å². The third-order valence-electron chi connectivity index (χ3n) is 3.47. The molecule has 16 heavy (non-hydrogen) atoms. The minimum atomic E-state index is -0.145. The summed E-state index contributed by atoms with van der Waals surface area (Å²) in [5.74, 6) is 0.160. The molecule has 2 fully saturated rings. The predicted octanol–water partition coefficient (Wildman–Crippen LogP) is 0.814. The summed E-state index contributed by atoms with van der Waals surface area (Å²) in [6.07, 6.45) is 4.99. The van der Waals surface area contributed by atoms with Gasteiger partial charge in [-0.25, -0.2) is 0 Å². The number of carbonyl (C=O) groups is 1. The topological polar surface area (TPSA) is 50.4 Å². The maximum Gasteiger partial charge on any atom is 0.222 e. The largest absolute Gasteiger partial charge is 0.379 e. The van der Waals surface area contributed by atoms with Crippen molar-refractivity contribution in [2.45, 2.75) is 50.6 Å². The first-order valence-electron chi connectivity index (χ1n) is 6.30. The maximum absolute atomic E-state index is 11.9. The summed E-state index contributed by atoms with van der Waals surface area (Å²) < 4.78 is 5.43. The highest BCUT2D eigenvalue weighted by Crippen LogP contribution is 2.19. The number of carbonyl (C=O) groups excluding carboxylic acids is 1.